The Balaban J connectivity index is 2.59. The average molecular weight is 339 g/mol. The van der Waals surface area contributed by atoms with E-state index in [4.69, 9.17) is 4.74 Å². The van der Waals surface area contributed by atoms with Crippen LogP contribution in [0.5, 0.6) is 11.6 Å². The lowest BCUT2D eigenvalue weighted by atomic mass is 10.1. The molecule has 0 aliphatic rings. The third kappa shape index (κ3) is 2.85. The molecule has 0 bridgehead atoms. The number of methoxy groups -OCH3 is 1. The van der Waals surface area contributed by atoms with Gasteiger partial charge in [-0.1, -0.05) is 29.3 Å². The van der Waals surface area contributed by atoms with Crippen molar-refractivity contribution in [1.82, 2.24) is 9.97 Å². The minimum absolute atomic E-state index is 0.229. The second-order valence-electron chi connectivity index (χ2n) is 4.31. The first-order chi connectivity index (χ1) is 9.56. The predicted molar refractivity (Wildman–Crippen MR) is 80.2 cm³/mol. The Morgan fingerprint density at radius 1 is 1.45 bits per heavy atom. The molecule has 0 aliphatic heterocycles. The number of ether oxygens (including phenoxy) is 1. The van der Waals surface area contributed by atoms with Gasteiger partial charge < -0.3 is 14.8 Å². The van der Waals surface area contributed by atoms with Crippen molar-refractivity contribution in [3.8, 4) is 23.0 Å². The molecular formula is C14H15BrN2O3. The molecule has 6 heteroatoms. The van der Waals surface area contributed by atoms with Gasteiger partial charge in [0.1, 0.15) is 11.6 Å². The zero-order valence-corrected chi connectivity index (χ0v) is 12.8. The lowest BCUT2D eigenvalue weighted by Gasteiger charge is -2.09. The van der Waals surface area contributed by atoms with Crippen LogP contribution in [0.15, 0.2) is 27.5 Å². The minimum Gasteiger partial charge on any atom is -0.496 e. The molecular weight excluding hydrogens is 324 g/mol. The lowest BCUT2D eigenvalue weighted by Crippen LogP contribution is -2.15. The van der Waals surface area contributed by atoms with Crippen molar-refractivity contribution >= 4 is 15.9 Å². The number of H-pyrrole nitrogens is 1. The van der Waals surface area contributed by atoms with E-state index in [9.17, 15) is 9.90 Å². The fourth-order valence-electron chi connectivity index (χ4n) is 1.95. The summed E-state index contributed by atoms with van der Waals surface area (Å²) in [5, 5.41) is 9.91. The highest BCUT2D eigenvalue weighted by Gasteiger charge is 2.14. The van der Waals surface area contributed by atoms with Crippen LogP contribution in [0, 0.1) is 0 Å². The van der Waals surface area contributed by atoms with Crippen LogP contribution in [0.2, 0.25) is 0 Å². The Labute approximate surface area is 124 Å². The monoisotopic (exact) mass is 338 g/mol. The van der Waals surface area contributed by atoms with E-state index < -0.39 is 0 Å². The Hall–Kier alpha value is -1.82. The number of aromatic hydroxyl groups is 1. The average Bonchev–Trinajstić information content (AvgIpc) is 2.42. The van der Waals surface area contributed by atoms with Gasteiger partial charge in [0.2, 0.25) is 5.88 Å². The van der Waals surface area contributed by atoms with Gasteiger partial charge in [0.25, 0.3) is 5.56 Å². The van der Waals surface area contributed by atoms with E-state index in [0.29, 0.717) is 23.3 Å². The number of halogens is 1. The largest absolute Gasteiger partial charge is 0.496 e. The van der Waals surface area contributed by atoms with Gasteiger partial charge in [0.15, 0.2) is 0 Å². The van der Waals surface area contributed by atoms with Crippen molar-refractivity contribution in [3.05, 3.63) is 38.6 Å². The summed E-state index contributed by atoms with van der Waals surface area (Å²) in [4.78, 5) is 18.8. The topological polar surface area (TPSA) is 75.2 Å². The summed E-state index contributed by atoms with van der Waals surface area (Å²) >= 11 is 3.36. The zero-order chi connectivity index (χ0) is 14.7. The van der Waals surface area contributed by atoms with E-state index >= 15 is 0 Å². The van der Waals surface area contributed by atoms with Crippen molar-refractivity contribution in [1.29, 1.82) is 0 Å². The van der Waals surface area contributed by atoms with Gasteiger partial charge in [-0.05, 0) is 24.6 Å². The minimum atomic E-state index is -0.323. The highest BCUT2D eigenvalue weighted by molar-refractivity contribution is 9.10. The van der Waals surface area contributed by atoms with Crippen LogP contribution >= 0.6 is 15.9 Å². The lowest BCUT2D eigenvalue weighted by molar-refractivity contribution is 0.415. The fraction of sp³-hybridized carbons (Fsp3) is 0.286. The molecule has 2 aromatic rings. The third-order valence-electron chi connectivity index (χ3n) is 2.91. The second-order valence-corrected chi connectivity index (χ2v) is 5.23. The Morgan fingerprint density at radius 2 is 2.20 bits per heavy atom. The molecule has 1 heterocycles. The normalized spacial score (nSPS) is 10.6. The van der Waals surface area contributed by atoms with Crippen LogP contribution in [-0.4, -0.2) is 22.2 Å². The summed E-state index contributed by atoms with van der Waals surface area (Å²) in [6, 6.07) is 5.36. The number of hydrogen-bond acceptors (Lipinski definition) is 4. The van der Waals surface area contributed by atoms with Gasteiger partial charge in [-0.2, -0.15) is 4.98 Å². The summed E-state index contributed by atoms with van der Waals surface area (Å²) in [5.41, 5.74) is 0.596. The van der Waals surface area contributed by atoms with Gasteiger partial charge in [0, 0.05) is 4.47 Å². The molecule has 0 unspecified atom stereocenters. The molecule has 0 saturated carbocycles. The van der Waals surface area contributed by atoms with E-state index in [2.05, 4.69) is 25.9 Å². The first-order valence-corrected chi connectivity index (χ1v) is 7.02. The van der Waals surface area contributed by atoms with Crippen LogP contribution in [0.1, 0.15) is 18.9 Å². The van der Waals surface area contributed by atoms with E-state index in [-0.39, 0.29) is 17.3 Å². The number of benzene rings is 1. The van der Waals surface area contributed by atoms with Crippen LogP contribution < -0.4 is 10.3 Å². The number of nitrogens with zero attached hydrogens (tertiary/aromatic N) is 1. The number of rotatable bonds is 4. The SMILES string of the molecule is CCCc1c(O)nc(-c2cc(Br)ccc2OC)[nH]c1=O. The molecule has 1 aromatic carbocycles. The molecule has 0 radical (unpaired) electrons. The summed E-state index contributed by atoms with van der Waals surface area (Å²) in [6.07, 6.45) is 1.25. The number of hydrogen-bond donors (Lipinski definition) is 2. The molecule has 106 valence electrons. The first kappa shape index (κ1) is 14.6. The molecule has 0 fully saturated rings. The molecule has 1 aromatic heterocycles. The summed E-state index contributed by atoms with van der Waals surface area (Å²) in [6.45, 7) is 1.93. The van der Waals surface area contributed by atoms with Gasteiger partial charge in [-0.15, -0.1) is 0 Å². The summed E-state index contributed by atoms with van der Waals surface area (Å²) in [7, 11) is 1.54. The predicted octanol–water partition coefficient (Wildman–Crippen LogP) is 2.87. The second kappa shape index (κ2) is 6.09. The van der Waals surface area contributed by atoms with Gasteiger partial charge in [-0.25, -0.2) is 0 Å². The Bertz CT molecular complexity index is 683. The maximum absolute atomic E-state index is 12.0. The zero-order valence-electron chi connectivity index (χ0n) is 11.2. The molecule has 0 amide bonds. The highest BCUT2D eigenvalue weighted by Crippen LogP contribution is 2.30. The highest BCUT2D eigenvalue weighted by atomic mass is 79.9. The Morgan fingerprint density at radius 3 is 2.80 bits per heavy atom. The molecule has 20 heavy (non-hydrogen) atoms. The van der Waals surface area contributed by atoms with E-state index in [1.165, 1.54) is 7.11 Å². The van der Waals surface area contributed by atoms with E-state index in [0.717, 1.165) is 10.9 Å². The van der Waals surface area contributed by atoms with E-state index in [1.807, 2.05) is 13.0 Å². The molecule has 2 rings (SSSR count). The first-order valence-electron chi connectivity index (χ1n) is 6.22. The maximum atomic E-state index is 12.0. The van der Waals surface area contributed by atoms with Crippen LogP contribution in [-0.2, 0) is 6.42 Å². The Kier molecular flexibility index (Phi) is 4.44. The van der Waals surface area contributed by atoms with Gasteiger partial charge in [0.05, 0.1) is 18.2 Å². The quantitative estimate of drug-likeness (QED) is 0.898. The summed E-state index contributed by atoms with van der Waals surface area (Å²) < 4.78 is 6.07. The summed E-state index contributed by atoms with van der Waals surface area (Å²) in [5.74, 6) is 0.622. The van der Waals surface area contributed by atoms with Crippen molar-refractivity contribution in [2.75, 3.05) is 7.11 Å². The molecule has 0 aliphatic carbocycles. The van der Waals surface area contributed by atoms with Gasteiger partial charge in [-0.3, -0.25) is 4.79 Å². The third-order valence-corrected chi connectivity index (χ3v) is 3.40. The number of nitrogens with one attached hydrogen (secondary N) is 1. The number of aromatic amines is 1. The molecule has 2 N–H and O–H groups in total. The van der Waals surface area contributed by atoms with Crippen LogP contribution in [0.4, 0.5) is 0 Å². The molecule has 0 saturated heterocycles. The number of aromatic nitrogens is 2. The molecule has 0 atom stereocenters. The van der Waals surface area contributed by atoms with Crippen LogP contribution in [0.3, 0.4) is 0 Å². The van der Waals surface area contributed by atoms with E-state index in [1.54, 1.807) is 12.1 Å². The maximum Gasteiger partial charge on any atom is 0.258 e. The van der Waals surface area contributed by atoms with Crippen molar-refractivity contribution in [3.63, 3.8) is 0 Å². The standard InChI is InChI=1S/C14H15BrN2O3/c1-3-4-9-13(18)16-12(17-14(9)19)10-7-8(15)5-6-11(10)20-2/h5-7H,3-4H2,1-2H3,(H2,16,17,18,19). The van der Waals surface area contributed by atoms with Crippen molar-refractivity contribution in [2.24, 2.45) is 0 Å². The van der Waals surface area contributed by atoms with Crippen LogP contribution in [0.25, 0.3) is 11.4 Å². The molecule has 5 nitrogen and oxygen atoms in total. The molecule has 0 spiro atoms. The fourth-order valence-corrected chi connectivity index (χ4v) is 2.32. The van der Waals surface area contributed by atoms with Gasteiger partial charge >= 0.3 is 0 Å². The van der Waals surface area contributed by atoms with Crippen molar-refractivity contribution in [2.45, 2.75) is 19.8 Å². The van der Waals surface area contributed by atoms with Crippen molar-refractivity contribution < 1.29 is 9.84 Å². The smallest absolute Gasteiger partial charge is 0.258 e.